The van der Waals surface area contributed by atoms with Crippen LogP contribution in [-0.2, 0) is 20.6 Å². The first-order valence-corrected chi connectivity index (χ1v) is 5.81. The van der Waals surface area contributed by atoms with Crippen LogP contribution >= 0.6 is 0 Å². The highest BCUT2D eigenvalue weighted by Gasteiger charge is 2.14. The summed E-state index contributed by atoms with van der Waals surface area (Å²) in [5.41, 5.74) is 3.02. The summed E-state index contributed by atoms with van der Waals surface area (Å²) in [4.78, 5) is 0. The topological polar surface area (TPSA) is 60.6 Å². The van der Waals surface area contributed by atoms with Gasteiger partial charge < -0.3 is 5.32 Å². The quantitative estimate of drug-likeness (QED) is 0.774. The van der Waals surface area contributed by atoms with E-state index in [1.54, 1.807) is 10.9 Å². The molecule has 2 heterocycles. The van der Waals surface area contributed by atoms with Gasteiger partial charge in [0, 0.05) is 26.8 Å². The van der Waals surface area contributed by atoms with Crippen LogP contribution in [-0.4, -0.2) is 31.3 Å². The van der Waals surface area contributed by atoms with Crippen LogP contribution in [0.25, 0.3) is 11.4 Å². The van der Waals surface area contributed by atoms with Crippen molar-refractivity contribution in [3.63, 3.8) is 0 Å². The van der Waals surface area contributed by atoms with Crippen LogP contribution in [0.5, 0.6) is 0 Å². The molecular weight excluding hydrogens is 216 g/mol. The molecule has 0 aliphatic carbocycles. The Labute approximate surface area is 101 Å². The lowest BCUT2D eigenvalue weighted by molar-refractivity contribution is 0.660. The molecule has 0 bridgehead atoms. The Kier molecular flexibility index (Phi) is 3.53. The van der Waals surface area contributed by atoms with Crippen molar-refractivity contribution in [2.75, 3.05) is 6.54 Å². The zero-order valence-corrected chi connectivity index (χ0v) is 10.5. The molecule has 6 nitrogen and oxygen atoms in total. The minimum atomic E-state index is 0.738. The summed E-state index contributed by atoms with van der Waals surface area (Å²) in [6.07, 6.45) is 2.90. The van der Waals surface area contributed by atoms with E-state index in [9.17, 15) is 0 Å². The maximum Gasteiger partial charge on any atom is 0.111 e. The molecule has 6 heteroatoms. The average molecular weight is 234 g/mol. The molecule has 92 valence electrons. The van der Waals surface area contributed by atoms with Gasteiger partial charge in [-0.2, -0.15) is 5.10 Å². The summed E-state index contributed by atoms with van der Waals surface area (Å²) in [6, 6.07) is 1.97. The third kappa shape index (κ3) is 2.36. The number of nitrogens with zero attached hydrogens (tertiary/aromatic N) is 5. The number of hydrogen-bond acceptors (Lipinski definition) is 4. The lowest BCUT2D eigenvalue weighted by atomic mass is 10.2. The second-order valence-electron chi connectivity index (χ2n) is 4.03. The van der Waals surface area contributed by atoms with Crippen LogP contribution < -0.4 is 5.32 Å². The number of aromatic nitrogens is 5. The van der Waals surface area contributed by atoms with Gasteiger partial charge in [0.05, 0.1) is 5.69 Å². The van der Waals surface area contributed by atoms with E-state index in [1.165, 1.54) is 0 Å². The van der Waals surface area contributed by atoms with E-state index < -0.39 is 0 Å². The minimum Gasteiger partial charge on any atom is -0.311 e. The molecule has 0 saturated carbocycles. The SMILES string of the molecule is CCCNCc1nnn(C)c1-c1ccnn1C. The highest BCUT2D eigenvalue weighted by Crippen LogP contribution is 2.20. The van der Waals surface area contributed by atoms with Crippen molar-refractivity contribution in [3.8, 4) is 11.4 Å². The van der Waals surface area contributed by atoms with E-state index in [1.807, 2.05) is 24.8 Å². The van der Waals surface area contributed by atoms with E-state index in [2.05, 4.69) is 27.7 Å². The predicted molar refractivity (Wildman–Crippen MR) is 65.2 cm³/mol. The number of nitrogens with one attached hydrogen (secondary N) is 1. The summed E-state index contributed by atoms with van der Waals surface area (Å²) in [5.74, 6) is 0. The first-order chi connectivity index (χ1) is 8.24. The lowest BCUT2D eigenvalue weighted by Crippen LogP contribution is -2.15. The third-order valence-corrected chi connectivity index (χ3v) is 2.68. The Balaban J connectivity index is 2.27. The van der Waals surface area contributed by atoms with Crippen LogP contribution in [0.3, 0.4) is 0 Å². The number of aryl methyl sites for hydroxylation is 2. The van der Waals surface area contributed by atoms with E-state index in [0.29, 0.717) is 0 Å². The zero-order valence-electron chi connectivity index (χ0n) is 10.5. The average Bonchev–Trinajstić information content (AvgIpc) is 2.86. The van der Waals surface area contributed by atoms with Crippen molar-refractivity contribution in [1.82, 2.24) is 30.1 Å². The van der Waals surface area contributed by atoms with Gasteiger partial charge in [-0.3, -0.25) is 4.68 Å². The molecule has 0 amide bonds. The summed E-state index contributed by atoms with van der Waals surface area (Å²) in [7, 11) is 3.82. The van der Waals surface area contributed by atoms with E-state index in [-0.39, 0.29) is 0 Å². The second kappa shape index (κ2) is 5.09. The standard InChI is InChI=1S/C11H18N6/c1-4-6-12-8-9-11(17(3)15-14-9)10-5-7-13-16(10)2/h5,7,12H,4,6,8H2,1-3H3. The summed E-state index contributed by atoms with van der Waals surface area (Å²) >= 11 is 0. The van der Waals surface area contributed by atoms with E-state index >= 15 is 0 Å². The molecule has 0 fully saturated rings. The molecule has 0 aliphatic heterocycles. The molecule has 0 aromatic carbocycles. The van der Waals surface area contributed by atoms with Crippen molar-refractivity contribution in [3.05, 3.63) is 18.0 Å². The van der Waals surface area contributed by atoms with Crippen LogP contribution in [0, 0.1) is 0 Å². The molecular formula is C11H18N6. The highest BCUT2D eigenvalue weighted by molar-refractivity contribution is 5.57. The van der Waals surface area contributed by atoms with Gasteiger partial charge >= 0.3 is 0 Å². The van der Waals surface area contributed by atoms with E-state index in [0.717, 1.165) is 36.6 Å². The lowest BCUT2D eigenvalue weighted by Gasteiger charge is -2.05. The number of hydrogen-bond donors (Lipinski definition) is 1. The molecule has 17 heavy (non-hydrogen) atoms. The monoisotopic (exact) mass is 234 g/mol. The van der Waals surface area contributed by atoms with Gasteiger partial charge in [-0.1, -0.05) is 12.1 Å². The summed E-state index contributed by atoms with van der Waals surface area (Å²) in [5, 5.41) is 15.8. The highest BCUT2D eigenvalue weighted by atomic mass is 15.4. The maximum absolute atomic E-state index is 4.19. The Hall–Kier alpha value is -1.69. The molecule has 0 radical (unpaired) electrons. The maximum atomic E-state index is 4.19. The summed E-state index contributed by atoms with van der Waals surface area (Å²) in [6.45, 7) is 3.87. The Morgan fingerprint density at radius 3 is 2.76 bits per heavy atom. The number of rotatable bonds is 5. The van der Waals surface area contributed by atoms with Gasteiger partial charge in [0.1, 0.15) is 11.4 Å². The predicted octanol–water partition coefficient (Wildman–Crippen LogP) is 0.715. The van der Waals surface area contributed by atoms with Crippen LogP contribution in [0.15, 0.2) is 12.3 Å². The minimum absolute atomic E-state index is 0.738. The zero-order chi connectivity index (χ0) is 12.3. The molecule has 2 rings (SSSR count). The molecule has 1 N–H and O–H groups in total. The van der Waals surface area contributed by atoms with Crippen LogP contribution in [0.4, 0.5) is 0 Å². The summed E-state index contributed by atoms with van der Waals surface area (Å²) < 4.78 is 3.63. The Bertz CT molecular complexity index is 484. The van der Waals surface area contributed by atoms with Crippen molar-refractivity contribution >= 4 is 0 Å². The van der Waals surface area contributed by atoms with Crippen molar-refractivity contribution < 1.29 is 0 Å². The molecule has 0 atom stereocenters. The first kappa shape index (κ1) is 11.8. The third-order valence-electron chi connectivity index (χ3n) is 2.68. The fourth-order valence-corrected chi connectivity index (χ4v) is 1.82. The smallest absolute Gasteiger partial charge is 0.111 e. The van der Waals surface area contributed by atoms with Gasteiger partial charge in [0.15, 0.2) is 0 Å². The Morgan fingerprint density at radius 1 is 1.29 bits per heavy atom. The second-order valence-corrected chi connectivity index (χ2v) is 4.03. The van der Waals surface area contributed by atoms with Crippen molar-refractivity contribution in [2.45, 2.75) is 19.9 Å². The Morgan fingerprint density at radius 2 is 2.12 bits per heavy atom. The van der Waals surface area contributed by atoms with E-state index in [4.69, 9.17) is 0 Å². The molecule has 0 unspecified atom stereocenters. The fraction of sp³-hybridized carbons (Fsp3) is 0.545. The first-order valence-electron chi connectivity index (χ1n) is 5.81. The van der Waals surface area contributed by atoms with Gasteiger partial charge in [0.25, 0.3) is 0 Å². The van der Waals surface area contributed by atoms with Crippen LogP contribution in [0.1, 0.15) is 19.0 Å². The molecule has 2 aromatic rings. The van der Waals surface area contributed by atoms with Crippen molar-refractivity contribution in [2.24, 2.45) is 14.1 Å². The normalized spacial score (nSPS) is 11.0. The largest absolute Gasteiger partial charge is 0.311 e. The molecule has 2 aromatic heterocycles. The fourth-order valence-electron chi connectivity index (χ4n) is 1.82. The molecule has 0 saturated heterocycles. The van der Waals surface area contributed by atoms with Gasteiger partial charge in [-0.25, -0.2) is 4.68 Å². The van der Waals surface area contributed by atoms with Crippen LogP contribution in [0.2, 0.25) is 0 Å². The van der Waals surface area contributed by atoms with Gasteiger partial charge in [-0.05, 0) is 19.0 Å². The molecule has 0 spiro atoms. The van der Waals surface area contributed by atoms with Gasteiger partial charge in [0.2, 0.25) is 0 Å². The van der Waals surface area contributed by atoms with Gasteiger partial charge in [-0.15, -0.1) is 5.10 Å². The molecule has 0 aliphatic rings. The van der Waals surface area contributed by atoms with Crippen molar-refractivity contribution in [1.29, 1.82) is 0 Å².